The molecule has 0 aliphatic carbocycles. The van der Waals surface area contributed by atoms with E-state index in [1.165, 1.54) is 36.0 Å². The maximum absolute atomic E-state index is 14.1. The average molecular weight is 479 g/mol. The molecule has 3 aromatic carbocycles. The predicted molar refractivity (Wildman–Crippen MR) is 129 cm³/mol. The number of benzene rings is 3. The van der Waals surface area contributed by atoms with Crippen molar-refractivity contribution in [2.75, 3.05) is 31.4 Å². The van der Waals surface area contributed by atoms with E-state index in [2.05, 4.69) is 0 Å². The zero-order valence-corrected chi connectivity index (χ0v) is 19.6. The molecule has 1 saturated heterocycles. The van der Waals surface area contributed by atoms with Crippen molar-refractivity contribution in [3.05, 3.63) is 89.2 Å². The summed E-state index contributed by atoms with van der Waals surface area (Å²) in [7, 11) is 3.17. The van der Waals surface area contributed by atoms with Gasteiger partial charge in [-0.15, -0.1) is 11.8 Å². The highest BCUT2D eigenvalue weighted by molar-refractivity contribution is 8.01. The summed E-state index contributed by atoms with van der Waals surface area (Å²) in [6.07, 6.45) is 0. The van der Waals surface area contributed by atoms with Crippen LogP contribution in [0.25, 0.3) is 0 Å². The minimum Gasteiger partial charge on any atom is -0.497 e. The number of thioether (sulfide) groups is 1. The van der Waals surface area contributed by atoms with E-state index in [-0.39, 0.29) is 11.8 Å². The fourth-order valence-electron chi connectivity index (χ4n) is 4.58. The molecular weight excluding hydrogens is 455 g/mol. The lowest BCUT2D eigenvalue weighted by Gasteiger charge is -2.33. The summed E-state index contributed by atoms with van der Waals surface area (Å²) in [6, 6.07) is 18.5. The predicted octanol–water partition coefficient (Wildman–Crippen LogP) is 4.43. The molecule has 0 unspecified atom stereocenters. The third-order valence-corrected chi connectivity index (χ3v) is 7.63. The standard InChI is InChI=1S/C26H23FN2O4S/c1-32-20-5-3-4-17(14-20)16-28-23-11-10-21(33-2)15-22(23)26(25(28)31)29(12-13-34-26)24(30)18-6-8-19(27)9-7-18/h3-11,14-15H,12-13,16H2,1-2H3/t26-/m1/s1. The van der Waals surface area contributed by atoms with Crippen LogP contribution in [0.15, 0.2) is 66.7 Å². The first-order chi connectivity index (χ1) is 16.5. The Kier molecular flexibility index (Phi) is 5.69. The Hall–Kier alpha value is -3.52. The zero-order valence-electron chi connectivity index (χ0n) is 18.8. The Morgan fingerprint density at radius 2 is 1.76 bits per heavy atom. The molecule has 5 rings (SSSR count). The van der Waals surface area contributed by atoms with E-state index >= 15 is 0 Å². The summed E-state index contributed by atoms with van der Waals surface area (Å²) in [5, 5.41) is 0. The number of carbonyl (C=O) groups is 2. The number of anilines is 1. The molecule has 0 aromatic heterocycles. The molecule has 2 amide bonds. The van der Waals surface area contributed by atoms with Crippen LogP contribution in [-0.2, 0) is 16.2 Å². The van der Waals surface area contributed by atoms with Gasteiger partial charge in [0.2, 0.25) is 0 Å². The summed E-state index contributed by atoms with van der Waals surface area (Å²) < 4.78 is 24.3. The number of fused-ring (bicyclic) bond motifs is 2. The maximum Gasteiger partial charge on any atom is 0.268 e. The molecule has 0 bridgehead atoms. The van der Waals surface area contributed by atoms with Gasteiger partial charge < -0.3 is 19.3 Å². The van der Waals surface area contributed by atoms with Crippen molar-refractivity contribution in [3.63, 3.8) is 0 Å². The summed E-state index contributed by atoms with van der Waals surface area (Å²) in [5.41, 5.74) is 2.70. The summed E-state index contributed by atoms with van der Waals surface area (Å²) in [5.74, 6) is 1.00. The lowest BCUT2D eigenvalue weighted by atomic mass is 10.0. The Morgan fingerprint density at radius 3 is 2.50 bits per heavy atom. The first-order valence-electron chi connectivity index (χ1n) is 10.8. The van der Waals surface area contributed by atoms with Gasteiger partial charge >= 0.3 is 0 Å². The first kappa shape index (κ1) is 22.3. The monoisotopic (exact) mass is 478 g/mol. The van der Waals surface area contributed by atoms with Crippen LogP contribution in [-0.4, -0.2) is 43.2 Å². The van der Waals surface area contributed by atoms with Crippen molar-refractivity contribution in [2.45, 2.75) is 11.4 Å². The second-order valence-corrected chi connectivity index (χ2v) is 9.37. The van der Waals surface area contributed by atoms with Crippen LogP contribution in [0.1, 0.15) is 21.5 Å². The summed E-state index contributed by atoms with van der Waals surface area (Å²) in [6.45, 7) is 0.729. The fourth-order valence-corrected chi connectivity index (χ4v) is 6.03. The Labute approximate surface area is 201 Å². The van der Waals surface area contributed by atoms with Gasteiger partial charge in [-0.2, -0.15) is 0 Å². The van der Waals surface area contributed by atoms with Gasteiger partial charge in [-0.3, -0.25) is 9.59 Å². The van der Waals surface area contributed by atoms with Gasteiger partial charge in [0.25, 0.3) is 11.8 Å². The lowest BCUT2D eigenvalue weighted by molar-refractivity contribution is -0.123. The molecule has 2 heterocycles. The van der Waals surface area contributed by atoms with Gasteiger partial charge in [0, 0.05) is 23.4 Å². The van der Waals surface area contributed by atoms with E-state index in [1.807, 2.05) is 42.5 Å². The second-order valence-electron chi connectivity index (χ2n) is 8.08. The fraction of sp³-hybridized carbons (Fsp3) is 0.231. The largest absolute Gasteiger partial charge is 0.497 e. The number of methoxy groups -OCH3 is 2. The number of hydrogen-bond acceptors (Lipinski definition) is 5. The molecule has 0 radical (unpaired) electrons. The highest BCUT2D eigenvalue weighted by Gasteiger charge is 2.59. The lowest BCUT2D eigenvalue weighted by Crippen LogP contribution is -2.50. The number of hydrogen-bond donors (Lipinski definition) is 0. The van der Waals surface area contributed by atoms with Crippen LogP contribution in [0.3, 0.4) is 0 Å². The second kappa shape index (κ2) is 8.68. The highest BCUT2D eigenvalue weighted by Crippen LogP contribution is 2.55. The number of halogens is 1. The van der Waals surface area contributed by atoms with E-state index in [0.29, 0.717) is 35.9 Å². The third kappa shape index (κ3) is 3.49. The molecule has 34 heavy (non-hydrogen) atoms. The van der Waals surface area contributed by atoms with E-state index in [0.717, 1.165) is 16.8 Å². The van der Waals surface area contributed by atoms with Crippen LogP contribution in [0.4, 0.5) is 10.1 Å². The van der Waals surface area contributed by atoms with E-state index < -0.39 is 10.7 Å². The van der Waals surface area contributed by atoms with Gasteiger partial charge in [-0.05, 0) is 60.2 Å². The zero-order chi connectivity index (χ0) is 23.9. The molecule has 0 saturated carbocycles. The van der Waals surface area contributed by atoms with Crippen LogP contribution in [0.2, 0.25) is 0 Å². The van der Waals surface area contributed by atoms with Crippen LogP contribution < -0.4 is 14.4 Å². The van der Waals surface area contributed by atoms with Crippen molar-refractivity contribution < 1.29 is 23.5 Å². The minimum atomic E-state index is -1.21. The molecule has 8 heteroatoms. The molecule has 2 aliphatic heterocycles. The Bertz CT molecular complexity index is 1270. The number of carbonyl (C=O) groups excluding carboxylic acids is 2. The van der Waals surface area contributed by atoms with E-state index in [4.69, 9.17) is 9.47 Å². The van der Waals surface area contributed by atoms with Crippen molar-refractivity contribution in [3.8, 4) is 11.5 Å². The number of amides is 2. The molecule has 1 fully saturated rings. The molecule has 1 spiro atoms. The maximum atomic E-state index is 14.1. The van der Waals surface area contributed by atoms with Crippen molar-refractivity contribution in [1.29, 1.82) is 0 Å². The molecule has 0 N–H and O–H groups in total. The molecule has 2 aliphatic rings. The van der Waals surface area contributed by atoms with Crippen molar-refractivity contribution in [1.82, 2.24) is 4.90 Å². The van der Waals surface area contributed by atoms with Crippen molar-refractivity contribution in [2.24, 2.45) is 0 Å². The van der Waals surface area contributed by atoms with E-state index in [1.54, 1.807) is 24.0 Å². The molecule has 6 nitrogen and oxygen atoms in total. The topological polar surface area (TPSA) is 59.1 Å². The van der Waals surface area contributed by atoms with Gasteiger partial charge in [0.15, 0.2) is 4.87 Å². The molecule has 1 atom stereocenters. The number of nitrogens with zero attached hydrogens (tertiary/aromatic N) is 2. The van der Waals surface area contributed by atoms with Crippen LogP contribution in [0.5, 0.6) is 11.5 Å². The number of rotatable bonds is 5. The van der Waals surface area contributed by atoms with E-state index in [9.17, 15) is 14.0 Å². The quantitative estimate of drug-likeness (QED) is 0.543. The summed E-state index contributed by atoms with van der Waals surface area (Å²) >= 11 is 1.44. The van der Waals surface area contributed by atoms with Crippen molar-refractivity contribution >= 4 is 29.3 Å². The first-order valence-corrected chi connectivity index (χ1v) is 11.8. The average Bonchev–Trinajstić information content (AvgIpc) is 3.41. The molecule has 174 valence electrons. The van der Waals surface area contributed by atoms with Gasteiger partial charge in [-0.25, -0.2) is 4.39 Å². The Morgan fingerprint density at radius 1 is 1.03 bits per heavy atom. The van der Waals surface area contributed by atoms with Gasteiger partial charge in [0.1, 0.15) is 17.3 Å². The normalized spacial score (nSPS) is 19.0. The van der Waals surface area contributed by atoms with Crippen LogP contribution in [0, 0.1) is 5.82 Å². The minimum absolute atomic E-state index is 0.184. The molecular formula is C26H23FN2O4S. The Balaban J connectivity index is 1.59. The highest BCUT2D eigenvalue weighted by atomic mass is 32.2. The smallest absolute Gasteiger partial charge is 0.268 e. The van der Waals surface area contributed by atoms with Crippen LogP contribution >= 0.6 is 11.8 Å². The SMILES string of the molecule is COc1cccc(CN2C(=O)[C@]3(SCCN3C(=O)c3ccc(F)cc3)c3cc(OC)ccc32)c1. The third-order valence-electron chi connectivity index (χ3n) is 6.21. The van der Waals surface area contributed by atoms with Gasteiger partial charge in [0.05, 0.1) is 26.5 Å². The number of ether oxygens (including phenoxy) is 2. The summed E-state index contributed by atoms with van der Waals surface area (Å²) in [4.78, 5) is 29.8. The van der Waals surface area contributed by atoms with Gasteiger partial charge in [-0.1, -0.05) is 12.1 Å². The molecule has 3 aromatic rings.